The molecule has 0 N–H and O–H groups in total. The summed E-state index contributed by atoms with van der Waals surface area (Å²) in [6.07, 6.45) is 83.0. The van der Waals surface area contributed by atoms with Gasteiger partial charge in [0, 0.05) is 12.8 Å². The number of likely N-dealkylation sites (N-methyl/N-ethyl adjacent to an activating group) is 1. The molecular weight excluding hydrogens is 966 g/mol. The zero-order valence-electron chi connectivity index (χ0n) is 48.4. The monoisotopic (exact) mass is 1070 g/mol. The first kappa shape index (κ1) is 71.6. The first-order valence-corrected chi connectivity index (χ1v) is 30.7. The van der Waals surface area contributed by atoms with Crippen LogP contribution >= 0.6 is 7.82 Å². The molecule has 0 rings (SSSR count). The molecule has 0 aromatic carbocycles. The summed E-state index contributed by atoms with van der Waals surface area (Å²) in [5.74, 6) is -0.887. The average molecular weight is 1070 g/mol. The molecule has 2 unspecified atom stereocenters. The van der Waals surface area contributed by atoms with Gasteiger partial charge in [0.25, 0.3) is 7.82 Å². The number of phosphoric acid groups is 1. The lowest BCUT2D eigenvalue weighted by Gasteiger charge is -2.28. The fourth-order valence-electron chi connectivity index (χ4n) is 7.05. The van der Waals surface area contributed by atoms with Crippen LogP contribution in [0.3, 0.4) is 0 Å². The van der Waals surface area contributed by atoms with Crippen LogP contribution in [0.15, 0.2) is 158 Å². The van der Waals surface area contributed by atoms with E-state index in [0.717, 1.165) is 148 Å². The van der Waals surface area contributed by atoms with Crippen molar-refractivity contribution in [3.05, 3.63) is 158 Å². The molecule has 0 bridgehead atoms. The summed E-state index contributed by atoms with van der Waals surface area (Å²) in [6.45, 7) is 3.98. The number of esters is 2. The summed E-state index contributed by atoms with van der Waals surface area (Å²) in [6, 6.07) is 0. The first-order valence-electron chi connectivity index (χ1n) is 29.2. The van der Waals surface area contributed by atoms with Crippen molar-refractivity contribution in [3.8, 4) is 0 Å². The number of rotatable bonds is 51. The second kappa shape index (κ2) is 55.4. The van der Waals surface area contributed by atoms with E-state index >= 15 is 0 Å². The largest absolute Gasteiger partial charge is 0.756 e. The number of hydrogen-bond acceptors (Lipinski definition) is 8. The van der Waals surface area contributed by atoms with Gasteiger partial charge in [0.05, 0.1) is 27.7 Å². The minimum absolute atomic E-state index is 0.0461. The predicted octanol–water partition coefficient (Wildman–Crippen LogP) is 17.8. The quantitative estimate of drug-likeness (QED) is 0.0195. The number of unbranched alkanes of at least 4 members (excludes halogenated alkanes) is 11. The van der Waals surface area contributed by atoms with Crippen molar-refractivity contribution in [2.45, 2.75) is 200 Å². The Labute approximate surface area is 465 Å². The maximum Gasteiger partial charge on any atom is 0.306 e. The first-order chi connectivity index (χ1) is 37.0. The predicted molar refractivity (Wildman–Crippen MR) is 323 cm³/mol. The van der Waals surface area contributed by atoms with Crippen LogP contribution < -0.4 is 4.89 Å². The van der Waals surface area contributed by atoms with E-state index in [2.05, 4.69) is 172 Å². The topological polar surface area (TPSA) is 111 Å². The molecule has 0 aliphatic carbocycles. The van der Waals surface area contributed by atoms with Crippen molar-refractivity contribution in [3.63, 3.8) is 0 Å². The van der Waals surface area contributed by atoms with Gasteiger partial charge in [-0.05, 0) is 122 Å². The summed E-state index contributed by atoms with van der Waals surface area (Å²) in [5.41, 5.74) is 0. The van der Waals surface area contributed by atoms with E-state index in [0.29, 0.717) is 23.9 Å². The van der Waals surface area contributed by atoms with Crippen LogP contribution in [0, 0.1) is 0 Å². The third-order valence-electron chi connectivity index (χ3n) is 11.5. The van der Waals surface area contributed by atoms with Crippen LogP contribution in [0.5, 0.6) is 0 Å². The minimum atomic E-state index is -4.65. The van der Waals surface area contributed by atoms with Crippen molar-refractivity contribution >= 4 is 19.8 Å². The SMILES string of the molecule is CC/C=C\C/C=C\C/C=C\C/C=C\C/C=C\C/C=C\C/C=C\C/C=C\C/C=C\C/C=C\C/C=C\CCCCCCCC(=O)OC(COC(=O)CCCCCCC/C=C\C/C=C\CCC)COP(=O)([O-])OCC[N+](C)(C)C. The van der Waals surface area contributed by atoms with E-state index in [9.17, 15) is 19.0 Å². The Morgan fingerprint density at radius 1 is 0.421 bits per heavy atom. The van der Waals surface area contributed by atoms with Crippen molar-refractivity contribution in [1.29, 1.82) is 0 Å². The van der Waals surface area contributed by atoms with Gasteiger partial charge in [-0.15, -0.1) is 0 Å². The lowest BCUT2D eigenvalue weighted by Crippen LogP contribution is -2.37. The van der Waals surface area contributed by atoms with Crippen LogP contribution in [0.2, 0.25) is 0 Å². The number of ether oxygens (including phenoxy) is 2. The van der Waals surface area contributed by atoms with Gasteiger partial charge in [0.1, 0.15) is 19.8 Å². The van der Waals surface area contributed by atoms with E-state index in [1.165, 1.54) is 6.42 Å². The van der Waals surface area contributed by atoms with Gasteiger partial charge >= 0.3 is 11.9 Å². The van der Waals surface area contributed by atoms with Crippen LogP contribution in [0.1, 0.15) is 194 Å². The summed E-state index contributed by atoms with van der Waals surface area (Å²) in [5, 5.41) is 0. The smallest absolute Gasteiger partial charge is 0.306 e. The molecule has 10 heteroatoms. The number of hydrogen-bond donors (Lipinski definition) is 0. The molecule has 0 spiro atoms. The molecule has 0 amide bonds. The second-order valence-corrected chi connectivity index (χ2v) is 21.3. The Bertz CT molecular complexity index is 1840. The number of nitrogens with zero attached hydrogens (tertiary/aromatic N) is 1. The normalized spacial score (nSPS) is 14.4. The third kappa shape index (κ3) is 58.9. The molecular formula is C66H106NO8P. The molecule has 0 aromatic heterocycles. The second-order valence-electron chi connectivity index (χ2n) is 19.9. The summed E-state index contributed by atoms with van der Waals surface area (Å²) < 4.78 is 34.0. The standard InChI is InChI=1S/C66H106NO8P/c1-6-8-10-12-14-16-18-20-21-22-23-24-25-26-27-28-29-30-31-32-33-34-35-36-37-38-39-40-41-42-43-44-45-47-49-51-53-55-57-59-66(69)75-64(63-74-76(70,71)73-61-60-67(3,4)5)62-72-65(68)58-56-54-52-50-48-46-19-17-15-13-11-9-7-2/h8,10-11,13-14,16-17,19-21,23-24,26-27,29-30,32-33,35-36,38-39,41-42,44-45,64H,6-7,9,12,15,18,22,25,28,31,34,37,40,43,46-63H2,1-5H3/b10-8-,13-11-,16-14-,19-17-,21-20-,24-23-,27-26-,30-29-,33-32-,36-35-,39-38-,42-41-,45-44-. The van der Waals surface area contributed by atoms with Crippen LogP contribution in [-0.4, -0.2) is 70.0 Å². The molecule has 0 aliphatic rings. The van der Waals surface area contributed by atoms with Crippen LogP contribution in [0.4, 0.5) is 0 Å². The molecule has 9 nitrogen and oxygen atoms in total. The molecule has 428 valence electrons. The molecule has 0 aromatic rings. The van der Waals surface area contributed by atoms with Gasteiger partial charge in [0.2, 0.25) is 0 Å². The van der Waals surface area contributed by atoms with Crippen LogP contribution in [0.25, 0.3) is 0 Å². The molecule has 0 heterocycles. The zero-order chi connectivity index (χ0) is 55.6. The molecule has 76 heavy (non-hydrogen) atoms. The van der Waals surface area contributed by atoms with Crippen molar-refractivity contribution in [1.82, 2.24) is 0 Å². The van der Waals surface area contributed by atoms with Gasteiger partial charge < -0.3 is 27.9 Å². The van der Waals surface area contributed by atoms with E-state index in [1.54, 1.807) is 0 Å². The number of allylic oxidation sites excluding steroid dienone is 26. The Kier molecular flexibility index (Phi) is 52.2. The van der Waals surface area contributed by atoms with E-state index in [1.807, 2.05) is 21.1 Å². The van der Waals surface area contributed by atoms with E-state index in [-0.39, 0.29) is 26.1 Å². The molecule has 0 fully saturated rings. The highest BCUT2D eigenvalue weighted by Gasteiger charge is 2.21. The van der Waals surface area contributed by atoms with Crippen molar-refractivity contribution in [2.24, 2.45) is 0 Å². The Morgan fingerprint density at radius 2 is 0.750 bits per heavy atom. The van der Waals surface area contributed by atoms with Crippen LogP contribution in [-0.2, 0) is 32.7 Å². The maximum absolute atomic E-state index is 12.8. The lowest BCUT2D eigenvalue weighted by molar-refractivity contribution is -0.870. The zero-order valence-corrected chi connectivity index (χ0v) is 49.3. The Hall–Kier alpha value is -4.37. The maximum atomic E-state index is 12.8. The van der Waals surface area contributed by atoms with Crippen molar-refractivity contribution in [2.75, 3.05) is 47.5 Å². The third-order valence-corrected chi connectivity index (χ3v) is 12.5. The highest BCUT2D eigenvalue weighted by molar-refractivity contribution is 7.45. The van der Waals surface area contributed by atoms with E-state index < -0.39 is 32.5 Å². The molecule has 0 saturated carbocycles. The van der Waals surface area contributed by atoms with Gasteiger partial charge in [0.15, 0.2) is 6.10 Å². The highest BCUT2D eigenvalue weighted by atomic mass is 31.2. The fourth-order valence-corrected chi connectivity index (χ4v) is 7.78. The molecule has 2 atom stereocenters. The van der Waals surface area contributed by atoms with E-state index in [4.69, 9.17) is 18.5 Å². The number of quaternary nitrogens is 1. The summed E-state index contributed by atoms with van der Waals surface area (Å²) in [7, 11) is 1.12. The van der Waals surface area contributed by atoms with Gasteiger partial charge in [-0.3, -0.25) is 14.2 Å². The number of phosphoric ester groups is 1. The summed E-state index contributed by atoms with van der Waals surface area (Å²) >= 11 is 0. The Morgan fingerprint density at radius 3 is 1.12 bits per heavy atom. The fraction of sp³-hybridized carbons (Fsp3) is 0.576. The summed E-state index contributed by atoms with van der Waals surface area (Å²) in [4.78, 5) is 37.7. The van der Waals surface area contributed by atoms with Gasteiger partial charge in [-0.1, -0.05) is 217 Å². The van der Waals surface area contributed by atoms with Crippen molar-refractivity contribution < 1.29 is 42.1 Å². The molecule has 0 aliphatic heterocycles. The Balaban J connectivity index is 4.19. The lowest BCUT2D eigenvalue weighted by atomic mass is 10.1. The molecule has 0 radical (unpaired) electrons. The van der Waals surface area contributed by atoms with Gasteiger partial charge in [-0.2, -0.15) is 0 Å². The minimum Gasteiger partial charge on any atom is -0.756 e. The molecule has 0 saturated heterocycles. The highest BCUT2D eigenvalue weighted by Crippen LogP contribution is 2.38. The number of carbonyl (C=O) groups excluding carboxylic acids is 2. The number of carbonyl (C=O) groups is 2. The van der Waals surface area contributed by atoms with Gasteiger partial charge in [-0.25, -0.2) is 0 Å². The average Bonchev–Trinajstić information content (AvgIpc) is 3.38.